The topological polar surface area (TPSA) is 109 Å². The van der Waals surface area contributed by atoms with Gasteiger partial charge in [0.15, 0.2) is 11.5 Å². The summed E-state index contributed by atoms with van der Waals surface area (Å²) in [6.07, 6.45) is 2.37. The first-order valence-corrected chi connectivity index (χ1v) is 7.82. The predicted molar refractivity (Wildman–Crippen MR) is 71.8 cm³/mol. The number of carboxylic acid groups (broad SMARTS) is 1. The van der Waals surface area contributed by atoms with Crippen LogP contribution in [0.1, 0.15) is 10.5 Å². The average Bonchev–Trinajstić information content (AvgIpc) is 2.76. The first-order valence-electron chi connectivity index (χ1n) is 4.72. The summed E-state index contributed by atoms with van der Waals surface area (Å²) >= 11 is 4.15. The molecule has 19 heavy (non-hydrogen) atoms. The van der Waals surface area contributed by atoms with Crippen molar-refractivity contribution in [3.05, 3.63) is 34.0 Å². The molecule has 7 nitrogen and oxygen atoms in total. The fourth-order valence-electron chi connectivity index (χ4n) is 1.19. The maximum absolute atomic E-state index is 12.0. The predicted octanol–water partition coefficient (Wildman–Crippen LogP) is 1.80. The maximum Gasteiger partial charge on any atom is 0.358 e. The second-order valence-corrected chi connectivity index (χ2v) is 7.60. The van der Waals surface area contributed by atoms with E-state index in [1.807, 2.05) is 0 Å². The molecule has 2 rings (SSSR count). The van der Waals surface area contributed by atoms with Gasteiger partial charge >= 0.3 is 5.97 Å². The molecule has 0 fully saturated rings. The molecule has 0 aliphatic rings. The third-order valence-electron chi connectivity index (χ3n) is 1.95. The van der Waals surface area contributed by atoms with Crippen LogP contribution in [0.2, 0.25) is 0 Å². The van der Waals surface area contributed by atoms with Crippen LogP contribution in [0.4, 0.5) is 5.82 Å². The molecular formula is C9H6BrN3O4S2. The minimum atomic E-state index is -3.88. The van der Waals surface area contributed by atoms with Crippen molar-refractivity contribution in [3.8, 4) is 0 Å². The molecule has 2 aromatic heterocycles. The lowest BCUT2D eigenvalue weighted by molar-refractivity contribution is 0.0691. The Morgan fingerprint density at radius 1 is 1.32 bits per heavy atom. The highest BCUT2D eigenvalue weighted by atomic mass is 79.9. The number of nitrogens with one attached hydrogen (secondary N) is 1. The number of hydrogen-bond acceptors (Lipinski definition) is 6. The van der Waals surface area contributed by atoms with Crippen LogP contribution in [0, 0.1) is 0 Å². The van der Waals surface area contributed by atoms with E-state index in [-0.39, 0.29) is 10.0 Å². The van der Waals surface area contributed by atoms with Crippen LogP contribution in [-0.2, 0) is 10.0 Å². The Labute approximate surface area is 120 Å². The van der Waals surface area contributed by atoms with Gasteiger partial charge in [0.25, 0.3) is 10.0 Å². The molecule has 0 unspecified atom stereocenters. The molecule has 2 heterocycles. The number of nitrogens with zero attached hydrogens (tertiary/aromatic N) is 2. The van der Waals surface area contributed by atoms with Gasteiger partial charge in [0, 0.05) is 12.4 Å². The maximum atomic E-state index is 12.0. The number of anilines is 1. The minimum absolute atomic E-state index is 0.0429. The van der Waals surface area contributed by atoms with E-state index in [9.17, 15) is 13.2 Å². The van der Waals surface area contributed by atoms with Gasteiger partial charge in [-0.1, -0.05) is 0 Å². The van der Waals surface area contributed by atoms with Crippen LogP contribution in [0.5, 0.6) is 0 Å². The molecule has 0 aliphatic carbocycles. The molecule has 2 aromatic rings. The van der Waals surface area contributed by atoms with Gasteiger partial charge in [-0.3, -0.25) is 4.72 Å². The normalized spacial score (nSPS) is 11.2. The number of hydrogen-bond donors (Lipinski definition) is 2. The van der Waals surface area contributed by atoms with Crippen LogP contribution in [0.15, 0.2) is 32.5 Å². The van der Waals surface area contributed by atoms with Crippen LogP contribution in [0.25, 0.3) is 0 Å². The molecule has 0 aromatic carbocycles. The van der Waals surface area contributed by atoms with Gasteiger partial charge in [-0.25, -0.2) is 23.2 Å². The number of aromatic nitrogens is 2. The second kappa shape index (κ2) is 5.23. The molecule has 2 N–H and O–H groups in total. The summed E-state index contributed by atoms with van der Waals surface area (Å²) in [6.45, 7) is 0. The van der Waals surface area contributed by atoms with E-state index >= 15 is 0 Å². The molecule has 0 atom stereocenters. The smallest absolute Gasteiger partial charge is 0.358 e. The van der Waals surface area contributed by atoms with Crippen LogP contribution in [-0.4, -0.2) is 29.5 Å². The van der Waals surface area contributed by atoms with E-state index in [2.05, 4.69) is 30.6 Å². The summed E-state index contributed by atoms with van der Waals surface area (Å²) in [5.74, 6) is -1.68. The first-order chi connectivity index (χ1) is 8.90. The van der Waals surface area contributed by atoms with Crippen molar-refractivity contribution in [2.45, 2.75) is 4.21 Å². The van der Waals surface area contributed by atoms with E-state index in [4.69, 9.17) is 5.11 Å². The monoisotopic (exact) mass is 363 g/mol. The number of thiophene rings is 1. The molecule has 10 heteroatoms. The van der Waals surface area contributed by atoms with Crippen molar-refractivity contribution in [2.75, 3.05) is 4.72 Å². The van der Waals surface area contributed by atoms with Gasteiger partial charge in [0.2, 0.25) is 0 Å². The summed E-state index contributed by atoms with van der Waals surface area (Å²) in [5.41, 5.74) is -0.457. The van der Waals surface area contributed by atoms with E-state index in [1.54, 1.807) is 6.07 Å². The molecule has 0 saturated carbocycles. The van der Waals surface area contributed by atoms with Gasteiger partial charge < -0.3 is 5.11 Å². The summed E-state index contributed by atoms with van der Waals surface area (Å²) in [5, 5.41) is 8.89. The van der Waals surface area contributed by atoms with E-state index in [0.29, 0.717) is 3.79 Å². The zero-order chi connectivity index (χ0) is 14.0. The van der Waals surface area contributed by atoms with Crippen LogP contribution < -0.4 is 4.72 Å². The zero-order valence-corrected chi connectivity index (χ0v) is 12.3. The highest BCUT2D eigenvalue weighted by Crippen LogP contribution is 2.27. The van der Waals surface area contributed by atoms with Gasteiger partial charge in [0.1, 0.15) is 4.21 Å². The molecule has 0 radical (unpaired) electrons. The largest absolute Gasteiger partial charge is 0.476 e. The summed E-state index contributed by atoms with van der Waals surface area (Å²) in [7, 11) is -3.88. The second-order valence-electron chi connectivity index (χ2n) is 3.22. The standard InChI is InChI=1S/C9H6BrN3O4S2/c10-5-1-2-6(18-5)19(16,17)13-8-7(9(14)15)11-3-4-12-8/h1-4H,(H,12,13)(H,14,15). The van der Waals surface area contributed by atoms with Crippen molar-refractivity contribution in [1.29, 1.82) is 0 Å². The molecular weight excluding hydrogens is 358 g/mol. The number of sulfonamides is 1. The lowest BCUT2D eigenvalue weighted by atomic mass is 10.4. The summed E-state index contributed by atoms with van der Waals surface area (Å²) < 4.78 is 26.8. The van der Waals surface area contributed by atoms with E-state index in [1.165, 1.54) is 18.5 Å². The highest BCUT2D eigenvalue weighted by molar-refractivity contribution is 9.11. The third kappa shape index (κ3) is 3.08. The van der Waals surface area contributed by atoms with Gasteiger partial charge in [0.05, 0.1) is 3.79 Å². The van der Waals surface area contributed by atoms with E-state index < -0.39 is 21.7 Å². The number of aromatic carboxylic acids is 1. The molecule has 0 saturated heterocycles. The molecule has 0 amide bonds. The van der Waals surface area contributed by atoms with Crippen molar-refractivity contribution in [1.82, 2.24) is 9.97 Å². The van der Waals surface area contributed by atoms with Crippen LogP contribution in [0.3, 0.4) is 0 Å². The molecule has 0 aliphatic heterocycles. The third-order valence-corrected chi connectivity index (χ3v) is 5.40. The van der Waals surface area contributed by atoms with Crippen molar-refractivity contribution < 1.29 is 18.3 Å². The zero-order valence-electron chi connectivity index (χ0n) is 9.07. The Morgan fingerprint density at radius 3 is 2.58 bits per heavy atom. The Bertz CT molecular complexity index is 729. The van der Waals surface area contributed by atoms with Gasteiger partial charge in [-0.15, -0.1) is 11.3 Å². The summed E-state index contributed by atoms with van der Waals surface area (Å²) in [4.78, 5) is 18.1. The minimum Gasteiger partial charge on any atom is -0.476 e. The lowest BCUT2D eigenvalue weighted by Gasteiger charge is -2.06. The van der Waals surface area contributed by atoms with Gasteiger partial charge in [-0.05, 0) is 28.1 Å². The van der Waals surface area contributed by atoms with Crippen molar-refractivity contribution in [3.63, 3.8) is 0 Å². The Morgan fingerprint density at radius 2 is 2.00 bits per heavy atom. The Balaban J connectivity index is 2.39. The molecule has 0 spiro atoms. The Hall–Kier alpha value is -1.52. The quantitative estimate of drug-likeness (QED) is 0.856. The molecule has 100 valence electrons. The highest BCUT2D eigenvalue weighted by Gasteiger charge is 2.21. The van der Waals surface area contributed by atoms with Crippen molar-refractivity contribution >= 4 is 49.1 Å². The first kappa shape index (κ1) is 13.9. The average molecular weight is 364 g/mol. The van der Waals surface area contributed by atoms with Crippen molar-refractivity contribution in [2.24, 2.45) is 0 Å². The fraction of sp³-hybridized carbons (Fsp3) is 0. The van der Waals surface area contributed by atoms with Gasteiger partial charge in [-0.2, -0.15) is 0 Å². The lowest BCUT2D eigenvalue weighted by Crippen LogP contribution is -2.16. The Kier molecular flexibility index (Phi) is 3.83. The summed E-state index contributed by atoms with van der Waals surface area (Å²) in [6, 6.07) is 2.97. The van der Waals surface area contributed by atoms with E-state index in [0.717, 1.165) is 11.3 Å². The fourth-order valence-corrected chi connectivity index (χ4v) is 4.21. The number of carbonyl (C=O) groups is 1. The number of rotatable bonds is 4. The molecule has 0 bridgehead atoms. The number of carboxylic acids is 1. The SMILES string of the molecule is O=C(O)c1nccnc1NS(=O)(=O)c1ccc(Br)s1. The number of halogens is 1. The van der Waals surface area contributed by atoms with Crippen LogP contribution >= 0.6 is 27.3 Å².